The largest absolute Gasteiger partial charge is 0.339 e. The number of rotatable bonds is 4. The van der Waals surface area contributed by atoms with Crippen LogP contribution in [0.25, 0.3) is 11.3 Å². The summed E-state index contributed by atoms with van der Waals surface area (Å²) in [6.07, 6.45) is 0. The number of aryl methyl sites for hydroxylation is 1. The normalized spacial score (nSPS) is 10.1. The van der Waals surface area contributed by atoms with Gasteiger partial charge in [0.15, 0.2) is 10.2 Å². The van der Waals surface area contributed by atoms with Gasteiger partial charge in [0.2, 0.25) is 0 Å². The van der Waals surface area contributed by atoms with Gasteiger partial charge in [-0.3, -0.25) is 20.9 Å². The van der Waals surface area contributed by atoms with E-state index >= 15 is 0 Å². The van der Waals surface area contributed by atoms with Crippen LogP contribution < -0.4 is 21.5 Å². The topological polar surface area (TPSA) is 121 Å². The number of thiazole rings is 1. The first-order valence-corrected chi connectivity index (χ1v) is 9.61. The molecular weight excluding hydrogens is 412 g/mol. The molecule has 29 heavy (non-hydrogen) atoms. The van der Waals surface area contributed by atoms with Crippen LogP contribution in [0.15, 0.2) is 53.9 Å². The van der Waals surface area contributed by atoms with Crippen molar-refractivity contribution in [2.24, 2.45) is 0 Å². The SMILES string of the molecule is Cc1ccccc1NC(=S)NNC(=O)Nc1nc(-c2ccc([N+](=O)[O-])cc2)cs1. The number of nitrogens with zero attached hydrogens (tertiary/aromatic N) is 2. The summed E-state index contributed by atoms with van der Waals surface area (Å²) in [5.74, 6) is 0. The zero-order valence-electron chi connectivity index (χ0n) is 15.1. The van der Waals surface area contributed by atoms with E-state index in [0.717, 1.165) is 11.3 Å². The molecule has 1 heterocycles. The lowest BCUT2D eigenvalue weighted by molar-refractivity contribution is -0.384. The number of para-hydroxylation sites is 1. The summed E-state index contributed by atoms with van der Waals surface area (Å²) in [7, 11) is 0. The van der Waals surface area contributed by atoms with Gasteiger partial charge in [-0.05, 0) is 42.9 Å². The Morgan fingerprint density at radius 2 is 1.83 bits per heavy atom. The molecule has 0 bridgehead atoms. The van der Waals surface area contributed by atoms with E-state index in [2.05, 4.69) is 26.5 Å². The van der Waals surface area contributed by atoms with Crippen molar-refractivity contribution >= 4 is 51.2 Å². The van der Waals surface area contributed by atoms with Gasteiger partial charge in [0.05, 0.1) is 10.6 Å². The molecule has 9 nitrogen and oxygen atoms in total. The van der Waals surface area contributed by atoms with Crippen LogP contribution in [0.2, 0.25) is 0 Å². The summed E-state index contributed by atoms with van der Waals surface area (Å²) < 4.78 is 0. The molecule has 0 aliphatic carbocycles. The number of benzene rings is 2. The fourth-order valence-electron chi connectivity index (χ4n) is 2.33. The maximum absolute atomic E-state index is 12.0. The Morgan fingerprint density at radius 1 is 1.10 bits per heavy atom. The van der Waals surface area contributed by atoms with Gasteiger partial charge in [0, 0.05) is 28.8 Å². The number of hydrogen-bond donors (Lipinski definition) is 4. The minimum absolute atomic E-state index is 0.00283. The van der Waals surface area contributed by atoms with E-state index in [9.17, 15) is 14.9 Å². The lowest BCUT2D eigenvalue weighted by Crippen LogP contribution is -2.45. The minimum Gasteiger partial charge on any atom is -0.331 e. The number of urea groups is 1. The fourth-order valence-corrected chi connectivity index (χ4v) is 3.20. The number of nitro groups is 1. The highest BCUT2D eigenvalue weighted by Gasteiger charge is 2.10. The molecule has 0 radical (unpaired) electrons. The average molecular weight is 428 g/mol. The molecule has 0 fully saturated rings. The highest BCUT2D eigenvalue weighted by atomic mass is 32.1. The van der Waals surface area contributed by atoms with Crippen LogP contribution in [0.4, 0.5) is 21.3 Å². The van der Waals surface area contributed by atoms with Crippen LogP contribution in [0.5, 0.6) is 0 Å². The highest BCUT2D eigenvalue weighted by molar-refractivity contribution is 7.80. The first kappa shape index (κ1) is 20.2. The van der Waals surface area contributed by atoms with Gasteiger partial charge in [-0.25, -0.2) is 15.2 Å². The molecule has 2 amide bonds. The summed E-state index contributed by atoms with van der Waals surface area (Å²) >= 11 is 6.38. The van der Waals surface area contributed by atoms with Crippen LogP contribution in [0.1, 0.15) is 5.56 Å². The van der Waals surface area contributed by atoms with Crippen LogP contribution in [0, 0.1) is 17.0 Å². The third-order valence-corrected chi connectivity index (χ3v) is 4.74. The van der Waals surface area contributed by atoms with Gasteiger partial charge in [-0.2, -0.15) is 0 Å². The van der Waals surface area contributed by atoms with Crippen molar-refractivity contribution in [3.63, 3.8) is 0 Å². The van der Waals surface area contributed by atoms with E-state index in [1.807, 2.05) is 31.2 Å². The van der Waals surface area contributed by atoms with Crippen LogP contribution in [-0.2, 0) is 0 Å². The second kappa shape index (κ2) is 9.08. The van der Waals surface area contributed by atoms with Crippen molar-refractivity contribution in [2.45, 2.75) is 6.92 Å². The molecule has 0 saturated heterocycles. The molecule has 0 spiro atoms. The van der Waals surface area contributed by atoms with Crippen molar-refractivity contribution in [3.8, 4) is 11.3 Å². The third-order valence-electron chi connectivity index (χ3n) is 3.78. The molecule has 11 heteroatoms. The number of hydrazine groups is 1. The van der Waals surface area contributed by atoms with Crippen LogP contribution >= 0.6 is 23.6 Å². The van der Waals surface area contributed by atoms with Crippen LogP contribution in [0.3, 0.4) is 0 Å². The Balaban J connectivity index is 1.51. The number of hydrogen-bond acceptors (Lipinski definition) is 6. The number of carbonyl (C=O) groups is 1. The molecule has 4 N–H and O–H groups in total. The Bertz CT molecular complexity index is 1050. The zero-order chi connectivity index (χ0) is 20.8. The van der Waals surface area contributed by atoms with Gasteiger partial charge in [-0.15, -0.1) is 11.3 Å². The zero-order valence-corrected chi connectivity index (χ0v) is 16.8. The van der Waals surface area contributed by atoms with Crippen molar-refractivity contribution in [3.05, 3.63) is 69.6 Å². The summed E-state index contributed by atoms with van der Waals surface area (Å²) in [5, 5.41) is 18.6. The van der Waals surface area contributed by atoms with E-state index in [4.69, 9.17) is 12.2 Å². The molecule has 0 aliphatic heterocycles. The average Bonchev–Trinajstić information content (AvgIpc) is 3.16. The number of anilines is 2. The molecule has 0 unspecified atom stereocenters. The highest BCUT2D eigenvalue weighted by Crippen LogP contribution is 2.26. The molecule has 0 aliphatic rings. The molecule has 148 valence electrons. The number of thiocarbonyl (C=S) groups is 1. The fraction of sp³-hybridized carbons (Fsp3) is 0.0556. The lowest BCUT2D eigenvalue weighted by atomic mass is 10.1. The molecule has 2 aromatic carbocycles. The predicted octanol–water partition coefficient (Wildman–Crippen LogP) is 4.05. The molecule has 0 saturated carbocycles. The van der Waals surface area contributed by atoms with Crippen molar-refractivity contribution in [1.82, 2.24) is 15.8 Å². The Kier molecular flexibility index (Phi) is 6.32. The number of non-ortho nitro benzene ring substituents is 1. The number of nitrogens with one attached hydrogen (secondary N) is 4. The molecular formula is C18H16N6O3S2. The third kappa shape index (κ3) is 5.46. The monoisotopic (exact) mass is 428 g/mol. The van der Waals surface area contributed by atoms with E-state index in [1.165, 1.54) is 23.5 Å². The second-order valence-electron chi connectivity index (χ2n) is 5.82. The lowest BCUT2D eigenvalue weighted by Gasteiger charge is -2.13. The summed E-state index contributed by atoms with van der Waals surface area (Å²) in [6, 6.07) is 13.1. The molecule has 0 atom stereocenters. The first-order valence-electron chi connectivity index (χ1n) is 8.32. The van der Waals surface area contributed by atoms with E-state index in [1.54, 1.807) is 17.5 Å². The smallest absolute Gasteiger partial charge is 0.331 e. The standard InChI is InChI=1S/C18H16N6O3S2/c1-11-4-2-3-5-14(11)19-17(28)23-22-16(25)21-18-20-15(10-29-18)12-6-8-13(9-7-12)24(26)27/h2-10H,1H3,(H2,19,23,28)(H2,20,21,22,25). The van der Waals surface area contributed by atoms with Gasteiger partial charge < -0.3 is 5.32 Å². The quantitative estimate of drug-likeness (QED) is 0.281. The minimum atomic E-state index is -0.538. The number of amides is 2. The van der Waals surface area contributed by atoms with E-state index < -0.39 is 11.0 Å². The number of nitro benzene ring substituents is 1. The maximum Gasteiger partial charge on any atom is 0.339 e. The Labute approximate surface area is 175 Å². The van der Waals surface area contributed by atoms with E-state index in [-0.39, 0.29) is 10.8 Å². The molecule has 3 aromatic rings. The first-order chi connectivity index (χ1) is 13.9. The van der Waals surface area contributed by atoms with Gasteiger partial charge in [0.25, 0.3) is 5.69 Å². The molecule has 1 aromatic heterocycles. The molecule has 3 rings (SSSR count). The Morgan fingerprint density at radius 3 is 2.52 bits per heavy atom. The summed E-state index contributed by atoms with van der Waals surface area (Å²) in [6.45, 7) is 1.94. The van der Waals surface area contributed by atoms with Crippen molar-refractivity contribution in [1.29, 1.82) is 0 Å². The van der Waals surface area contributed by atoms with Gasteiger partial charge in [-0.1, -0.05) is 18.2 Å². The predicted molar refractivity (Wildman–Crippen MR) is 117 cm³/mol. The summed E-state index contributed by atoms with van der Waals surface area (Å²) in [5.41, 5.74) is 8.20. The van der Waals surface area contributed by atoms with Gasteiger partial charge >= 0.3 is 6.03 Å². The van der Waals surface area contributed by atoms with Crippen molar-refractivity contribution in [2.75, 3.05) is 10.6 Å². The summed E-state index contributed by atoms with van der Waals surface area (Å²) in [4.78, 5) is 26.6. The van der Waals surface area contributed by atoms with E-state index in [0.29, 0.717) is 16.4 Å². The number of aromatic nitrogens is 1. The van der Waals surface area contributed by atoms with Gasteiger partial charge in [0.1, 0.15) is 0 Å². The second-order valence-corrected chi connectivity index (χ2v) is 7.08. The number of carbonyl (C=O) groups excluding carboxylic acids is 1. The Hall–Kier alpha value is -3.57. The van der Waals surface area contributed by atoms with Crippen LogP contribution in [-0.4, -0.2) is 21.1 Å². The maximum atomic E-state index is 12.0. The van der Waals surface area contributed by atoms with Crippen molar-refractivity contribution < 1.29 is 9.72 Å².